The van der Waals surface area contributed by atoms with E-state index in [0.29, 0.717) is 17.1 Å². The minimum absolute atomic E-state index is 0.0395. The lowest BCUT2D eigenvalue weighted by Gasteiger charge is -2.36. The maximum absolute atomic E-state index is 11.8. The monoisotopic (exact) mass is 466 g/mol. The molecule has 0 aliphatic rings. The van der Waals surface area contributed by atoms with Crippen LogP contribution in [0.2, 0.25) is 0 Å². The van der Waals surface area contributed by atoms with Gasteiger partial charge in [0.15, 0.2) is 0 Å². The second-order valence-corrected chi connectivity index (χ2v) is 7.22. The van der Waals surface area contributed by atoms with Gasteiger partial charge < -0.3 is 24.1 Å². The van der Waals surface area contributed by atoms with Crippen LogP contribution >= 0.6 is 0 Å². The first-order valence-electron chi connectivity index (χ1n) is 10.7. The number of ether oxygens (including phenoxy) is 4. The van der Waals surface area contributed by atoms with Crippen LogP contribution in [0.1, 0.15) is 24.0 Å². The fourth-order valence-corrected chi connectivity index (χ4v) is 3.38. The van der Waals surface area contributed by atoms with E-state index in [1.807, 2.05) is 48.5 Å². The molecular formula is C27H30O7. The van der Waals surface area contributed by atoms with E-state index in [-0.39, 0.29) is 26.1 Å². The lowest BCUT2D eigenvalue weighted by atomic mass is 9.80. The second kappa shape index (κ2) is 13.0. The largest absolute Gasteiger partial charge is 0.497 e. The number of benzene rings is 2. The van der Waals surface area contributed by atoms with Crippen molar-refractivity contribution in [2.45, 2.75) is 18.4 Å². The molecule has 0 aliphatic carbocycles. The van der Waals surface area contributed by atoms with Crippen LogP contribution in [0.25, 0.3) is 0 Å². The van der Waals surface area contributed by atoms with Crippen LogP contribution in [0.3, 0.4) is 0 Å². The molecule has 0 aliphatic heterocycles. The highest BCUT2D eigenvalue weighted by Crippen LogP contribution is 2.41. The van der Waals surface area contributed by atoms with Crippen molar-refractivity contribution in [3.63, 3.8) is 0 Å². The van der Waals surface area contributed by atoms with Crippen LogP contribution in [0, 0.1) is 0 Å². The number of allylic oxidation sites excluding steroid dienone is 2. The molecule has 2 rings (SSSR count). The highest BCUT2D eigenvalue weighted by atomic mass is 16.6. The zero-order valence-electron chi connectivity index (χ0n) is 19.5. The highest BCUT2D eigenvalue weighted by Gasteiger charge is 2.38. The third-order valence-electron chi connectivity index (χ3n) is 5.09. The van der Waals surface area contributed by atoms with E-state index in [2.05, 4.69) is 13.2 Å². The summed E-state index contributed by atoms with van der Waals surface area (Å²) in [5.74, 6) is -0.286. The molecule has 7 heteroatoms. The zero-order valence-corrected chi connectivity index (χ0v) is 19.5. The molecule has 1 N–H and O–H groups in total. The molecule has 0 aromatic heterocycles. The van der Waals surface area contributed by atoms with Crippen LogP contribution in [0.5, 0.6) is 11.5 Å². The van der Waals surface area contributed by atoms with Gasteiger partial charge in [0.1, 0.15) is 23.7 Å². The van der Waals surface area contributed by atoms with E-state index in [1.165, 1.54) is 0 Å². The molecular weight excluding hydrogens is 436 g/mol. The Morgan fingerprint density at radius 3 is 1.88 bits per heavy atom. The summed E-state index contributed by atoms with van der Waals surface area (Å²) in [7, 11) is 3.18. The highest BCUT2D eigenvalue weighted by molar-refractivity contribution is 5.76. The van der Waals surface area contributed by atoms with Gasteiger partial charge in [-0.05, 0) is 41.0 Å². The summed E-state index contributed by atoms with van der Waals surface area (Å²) >= 11 is 0. The predicted octanol–water partition coefficient (Wildman–Crippen LogP) is 4.67. The number of aliphatic carboxylic acids is 1. The quantitative estimate of drug-likeness (QED) is 0.246. The predicted molar refractivity (Wildman–Crippen MR) is 129 cm³/mol. The van der Waals surface area contributed by atoms with Crippen molar-refractivity contribution < 1.29 is 33.6 Å². The van der Waals surface area contributed by atoms with Crippen LogP contribution in [0.4, 0.5) is 0 Å². The molecule has 0 spiro atoms. The topological polar surface area (TPSA) is 91.3 Å². The van der Waals surface area contributed by atoms with Crippen molar-refractivity contribution in [3.8, 4) is 11.5 Å². The van der Waals surface area contributed by atoms with E-state index in [4.69, 9.17) is 24.1 Å². The van der Waals surface area contributed by atoms with Crippen molar-refractivity contribution in [2.24, 2.45) is 0 Å². The van der Waals surface area contributed by atoms with Gasteiger partial charge in [-0.15, -0.1) is 0 Å². The Bertz CT molecular complexity index is 957. The number of carboxylic acids is 1. The fraction of sp³-hybridized carbons (Fsp3) is 0.259. The molecule has 34 heavy (non-hydrogen) atoms. The Labute approximate surface area is 199 Å². The number of hydrogen-bond acceptors (Lipinski definition) is 6. The van der Waals surface area contributed by atoms with Gasteiger partial charge in [0.05, 0.1) is 33.7 Å². The second-order valence-electron chi connectivity index (χ2n) is 7.22. The van der Waals surface area contributed by atoms with Crippen LogP contribution < -0.4 is 9.47 Å². The van der Waals surface area contributed by atoms with Crippen molar-refractivity contribution >= 4 is 11.9 Å². The standard InChI is InChI=1S/C27H30O7/c1-5-6-7-20(2)27(21-8-12-23(31-3)13-9-21,22-10-14-24(32-4)15-11-22)34-19-18-33-26(30)17-16-25(28)29/h5-15H,1-2,16-19H2,3-4H3,(H,28,29)/b7-6-. The Morgan fingerprint density at radius 2 is 1.44 bits per heavy atom. The van der Waals surface area contributed by atoms with Gasteiger partial charge in [-0.2, -0.15) is 0 Å². The molecule has 0 atom stereocenters. The van der Waals surface area contributed by atoms with Gasteiger partial charge in [-0.3, -0.25) is 9.59 Å². The molecule has 180 valence electrons. The molecule has 7 nitrogen and oxygen atoms in total. The van der Waals surface area contributed by atoms with Crippen molar-refractivity contribution in [1.82, 2.24) is 0 Å². The Kier molecular flexibility index (Phi) is 10.1. The lowest BCUT2D eigenvalue weighted by molar-refractivity contribution is -0.149. The third-order valence-corrected chi connectivity index (χ3v) is 5.09. The maximum Gasteiger partial charge on any atom is 0.306 e. The van der Waals surface area contributed by atoms with E-state index in [1.54, 1.807) is 32.4 Å². The molecule has 0 fully saturated rings. The summed E-state index contributed by atoms with van der Waals surface area (Å²) in [5.41, 5.74) is 1.08. The summed E-state index contributed by atoms with van der Waals surface area (Å²) in [5, 5.41) is 8.73. The number of esters is 1. The molecule has 0 saturated heterocycles. The molecule has 0 bridgehead atoms. The summed E-state index contributed by atoms with van der Waals surface area (Å²) in [6, 6.07) is 14.8. The summed E-state index contributed by atoms with van der Waals surface area (Å²) in [6.45, 7) is 7.99. The first-order valence-corrected chi connectivity index (χ1v) is 10.7. The summed E-state index contributed by atoms with van der Waals surface area (Å²) < 4.78 is 22.2. The van der Waals surface area contributed by atoms with Crippen molar-refractivity contribution in [1.29, 1.82) is 0 Å². The first-order chi connectivity index (χ1) is 16.4. The molecule has 0 radical (unpaired) electrons. The molecule has 0 heterocycles. The fourth-order valence-electron chi connectivity index (χ4n) is 3.38. The maximum atomic E-state index is 11.8. The molecule has 2 aromatic rings. The van der Waals surface area contributed by atoms with Crippen LogP contribution in [0.15, 0.2) is 85.5 Å². The van der Waals surface area contributed by atoms with Crippen molar-refractivity contribution in [3.05, 3.63) is 96.6 Å². The molecule has 0 amide bonds. The average molecular weight is 467 g/mol. The van der Waals surface area contributed by atoms with E-state index in [9.17, 15) is 9.59 Å². The third kappa shape index (κ3) is 6.83. The van der Waals surface area contributed by atoms with Crippen LogP contribution in [-0.2, 0) is 24.7 Å². The van der Waals surface area contributed by atoms with Gasteiger partial charge in [0.2, 0.25) is 0 Å². The first kappa shape index (κ1) is 26.4. The van der Waals surface area contributed by atoms with Crippen molar-refractivity contribution in [2.75, 3.05) is 27.4 Å². The van der Waals surface area contributed by atoms with Gasteiger partial charge in [-0.1, -0.05) is 55.7 Å². The summed E-state index contributed by atoms with van der Waals surface area (Å²) in [4.78, 5) is 22.5. The van der Waals surface area contributed by atoms with E-state index in [0.717, 1.165) is 11.1 Å². The molecule has 0 saturated carbocycles. The van der Waals surface area contributed by atoms with E-state index >= 15 is 0 Å². The normalized spacial score (nSPS) is 11.1. The Morgan fingerprint density at radius 1 is 0.912 bits per heavy atom. The van der Waals surface area contributed by atoms with Gasteiger partial charge in [0.25, 0.3) is 0 Å². The number of rotatable bonds is 14. The number of hydrogen-bond donors (Lipinski definition) is 1. The van der Waals surface area contributed by atoms with Gasteiger partial charge in [0, 0.05) is 0 Å². The number of carbonyl (C=O) groups excluding carboxylic acids is 1. The minimum atomic E-state index is -1.12. The van der Waals surface area contributed by atoms with Crippen LogP contribution in [-0.4, -0.2) is 44.5 Å². The molecule has 2 aromatic carbocycles. The number of carbonyl (C=O) groups is 2. The minimum Gasteiger partial charge on any atom is -0.497 e. The molecule has 0 unspecified atom stereocenters. The average Bonchev–Trinajstić information content (AvgIpc) is 2.86. The van der Waals surface area contributed by atoms with Gasteiger partial charge >= 0.3 is 11.9 Å². The number of carboxylic acid groups (broad SMARTS) is 1. The Hall–Kier alpha value is -3.84. The number of methoxy groups -OCH3 is 2. The SMILES string of the molecule is C=C/C=C\C(=C)C(OCCOC(=O)CCC(=O)O)(c1ccc(OC)cc1)c1ccc(OC)cc1. The Balaban J connectivity index is 2.43. The zero-order chi connectivity index (χ0) is 25.0. The van der Waals surface area contributed by atoms with E-state index < -0.39 is 17.5 Å². The lowest BCUT2D eigenvalue weighted by Crippen LogP contribution is -2.34. The van der Waals surface area contributed by atoms with Gasteiger partial charge in [-0.25, -0.2) is 0 Å². The summed E-state index contributed by atoms with van der Waals surface area (Å²) in [6.07, 6.45) is 4.72. The smallest absolute Gasteiger partial charge is 0.306 e.